The van der Waals surface area contributed by atoms with Crippen LogP contribution in [0, 0.1) is 6.92 Å². The molecule has 1 aliphatic rings. The number of aryl methyl sites for hydroxylation is 1. The van der Waals surface area contributed by atoms with E-state index in [9.17, 15) is 0 Å². The van der Waals surface area contributed by atoms with E-state index in [1.807, 2.05) is 24.3 Å². The summed E-state index contributed by atoms with van der Waals surface area (Å²) in [5.41, 5.74) is 4.44. The molecule has 28 heavy (non-hydrogen) atoms. The van der Waals surface area contributed by atoms with Gasteiger partial charge in [0.25, 0.3) is 0 Å². The molecule has 0 saturated heterocycles. The van der Waals surface area contributed by atoms with Gasteiger partial charge in [-0.2, -0.15) is 0 Å². The van der Waals surface area contributed by atoms with E-state index in [-0.39, 0.29) is 6.61 Å². The molecule has 0 radical (unpaired) electrons. The summed E-state index contributed by atoms with van der Waals surface area (Å²) in [7, 11) is 2.15. The van der Waals surface area contributed by atoms with Crippen molar-refractivity contribution in [2.75, 3.05) is 13.6 Å². The van der Waals surface area contributed by atoms with Crippen LogP contribution in [0.4, 0.5) is 0 Å². The smallest absolute Gasteiger partial charge is 0.192 e. The van der Waals surface area contributed by atoms with Gasteiger partial charge in [-0.15, -0.1) is 16.4 Å². The molecule has 4 aromatic rings. The monoisotopic (exact) mass is 392 g/mol. The molecule has 0 fully saturated rings. The highest BCUT2D eigenvalue weighted by Gasteiger charge is 2.22. The number of hydrogen-bond donors (Lipinski definition) is 0. The van der Waals surface area contributed by atoms with E-state index >= 15 is 0 Å². The molecule has 0 atom stereocenters. The van der Waals surface area contributed by atoms with Gasteiger partial charge in [-0.25, -0.2) is 14.5 Å². The van der Waals surface area contributed by atoms with Crippen LogP contribution in [-0.2, 0) is 24.4 Å². The van der Waals surface area contributed by atoms with Gasteiger partial charge in [0.05, 0.1) is 11.6 Å². The minimum absolute atomic E-state index is 0.223. The average molecular weight is 392 g/mol. The highest BCUT2D eigenvalue weighted by molar-refractivity contribution is 7.19. The van der Waals surface area contributed by atoms with Crippen LogP contribution in [0.3, 0.4) is 0 Å². The maximum Gasteiger partial charge on any atom is 0.192 e. The molecule has 0 unspecified atom stereocenters. The first kappa shape index (κ1) is 17.3. The predicted octanol–water partition coefficient (Wildman–Crippen LogP) is 3.19. The van der Waals surface area contributed by atoms with Crippen LogP contribution in [0.25, 0.3) is 15.9 Å². The molecule has 0 N–H and O–H groups in total. The van der Waals surface area contributed by atoms with E-state index in [1.165, 1.54) is 16.0 Å². The van der Waals surface area contributed by atoms with Crippen LogP contribution in [0.5, 0.6) is 0 Å². The van der Waals surface area contributed by atoms with Crippen molar-refractivity contribution in [3.05, 3.63) is 58.0 Å². The number of benzene rings is 1. The SMILES string of the molecule is Cc1ccc(/C=N\OCc2nc3c4c5c(sc4ncn3n2)CN(C)CC5)cc1. The Labute approximate surface area is 166 Å². The molecule has 7 nitrogen and oxygen atoms in total. The van der Waals surface area contributed by atoms with Crippen LogP contribution < -0.4 is 0 Å². The Morgan fingerprint density at radius 1 is 1.29 bits per heavy atom. The Kier molecular flexibility index (Phi) is 4.29. The third kappa shape index (κ3) is 3.14. The number of thiophene rings is 1. The quantitative estimate of drug-likeness (QED) is 0.394. The van der Waals surface area contributed by atoms with E-state index in [1.54, 1.807) is 28.4 Å². The summed E-state index contributed by atoms with van der Waals surface area (Å²) in [6, 6.07) is 8.10. The molecule has 3 aromatic heterocycles. The first-order valence-corrected chi connectivity index (χ1v) is 10.0. The lowest BCUT2D eigenvalue weighted by Crippen LogP contribution is -2.25. The Morgan fingerprint density at radius 2 is 2.14 bits per heavy atom. The van der Waals surface area contributed by atoms with Gasteiger partial charge >= 0.3 is 0 Å². The fourth-order valence-corrected chi connectivity index (χ4v) is 4.73. The standard InChI is InChI=1S/C20H20N6OS/c1-13-3-5-14(6-4-13)9-22-27-11-17-23-19-18-15-7-8-25(2)10-16(15)28-20(18)21-12-26(19)24-17/h3-6,9,12H,7-8,10-11H2,1-2H3/b22-9-. The topological polar surface area (TPSA) is 67.9 Å². The lowest BCUT2D eigenvalue weighted by atomic mass is 10.1. The first-order chi connectivity index (χ1) is 13.7. The minimum atomic E-state index is 0.223. The molecule has 0 bridgehead atoms. The fourth-order valence-electron chi connectivity index (χ4n) is 3.47. The Morgan fingerprint density at radius 3 is 3.00 bits per heavy atom. The fraction of sp³-hybridized carbons (Fsp3) is 0.300. The second-order valence-corrected chi connectivity index (χ2v) is 8.21. The Hall–Kier alpha value is -2.84. The van der Waals surface area contributed by atoms with Gasteiger partial charge in [-0.1, -0.05) is 35.0 Å². The second kappa shape index (κ2) is 6.96. The predicted molar refractivity (Wildman–Crippen MR) is 110 cm³/mol. The summed E-state index contributed by atoms with van der Waals surface area (Å²) in [6.45, 7) is 4.31. The molecule has 1 aliphatic heterocycles. The van der Waals surface area contributed by atoms with Gasteiger partial charge in [0.1, 0.15) is 11.2 Å². The zero-order valence-corrected chi connectivity index (χ0v) is 16.6. The van der Waals surface area contributed by atoms with Crippen molar-refractivity contribution >= 4 is 33.4 Å². The normalized spacial score (nSPS) is 14.9. The van der Waals surface area contributed by atoms with Crippen molar-refractivity contribution in [3.8, 4) is 0 Å². The number of oxime groups is 1. The van der Waals surface area contributed by atoms with E-state index in [0.717, 1.165) is 40.9 Å². The van der Waals surface area contributed by atoms with Crippen LogP contribution in [0.2, 0.25) is 0 Å². The maximum absolute atomic E-state index is 5.41. The van der Waals surface area contributed by atoms with Crippen molar-refractivity contribution in [1.82, 2.24) is 24.5 Å². The molecular formula is C20H20N6OS. The summed E-state index contributed by atoms with van der Waals surface area (Å²) in [5, 5.41) is 9.67. The van der Waals surface area contributed by atoms with Crippen LogP contribution in [0.1, 0.15) is 27.4 Å². The van der Waals surface area contributed by atoms with Gasteiger partial charge in [-0.05, 0) is 31.5 Å². The summed E-state index contributed by atoms with van der Waals surface area (Å²) in [5.74, 6) is 0.600. The van der Waals surface area contributed by atoms with Crippen molar-refractivity contribution in [2.45, 2.75) is 26.5 Å². The van der Waals surface area contributed by atoms with Crippen molar-refractivity contribution in [3.63, 3.8) is 0 Å². The third-order valence-corrected chi connectivity index (χ3v) is 6.08. The molecular weight excluding hydrogens is 372 g/mol. The van der Waals surface area contributed by atoms with Crippen molar-refractivity contribution in [2.24, 2.45) is 5.16 Å². The second-order valence-electron chi connectivity index (χ2n) is 7.13. The minimum Gasteiger partial charge on any atom is -0.387 e. The van der Waals surface area contributed by atoms with Gasteiger partial charge in [0.15, 0.2) is 18.1 Å². The molecule has 1 aromatic carbocycles. The molecule has 0 amide bonds. The van der Waals surface area contributed by atoms with Gasteiger partial charge in [0.2, 0.25) is 0 Å². The zero-order valence-electron chi connectivity index (χ0n) is 15.8. The number of nitrogens with zero attached hydrogens (tertiary/aromatic N) is 6. The van der Waals surface area contributed by atoms with Crippen LogP contribution in [-0.4, -0.2) is 44.3 Å². The third-order valence-electron chi connectivity index (χ3n) is 4.96. The molecule has 0 spiro atoms. The summed E-state index contributed by atoms with van der Waals surface area (Å²) in [4.78, 5) is 19.5. The zero-order chi connectivity index (χ0) is 19.1. The summed E-state index contributed by atoms with van der Waals surface area (Å²) < 4.78 is 1.75. The lowest BCUT2D eigenvalue weighted by molar-refractivity contribution is 0.126. The van der Waals surface area contributed by atoms with Crippen molar-refractivity contribution < 1.29 is 4.84 Å². The van der Waals surface area contributed by atoms with Gasteiger partial charge in [0, 0.05) is 18.0 Å². The number of fused-ring (bicyclic) bond motifs is 5. The van der Waals surface area contributed by atoms with E-state index in [2.05, 4.69) is 34.1 Å². The van der Waals surface area contributed by atoms with E-state index < -0.39 is 0 Å². The van der Waals surface area contributed by atoms with Crippen LogP contribution >= 0.6 is 11.3 Å². The molecule has 0 aliphatic carbocycles. The molecule has 142 valence electrons. The largest absolute Gasteiger partial charge is 0.387 e. The average Bonchev–Trinajstić information content (AvgIpc) is 3.26. The first-order valence-electron chi connectivity index (χ1n) is 9.22. The maximum atomic E-state index is 5.41. The highest BCUT2D eigenvalue weighted by atomic mass is 32.1. The molecule has 5 rings (SSSR count). The molecule has 8 heteroatoms. The number of rotatable bonds is 4. The number of likely N-dealkylation sites (N-methyl/N-ethyl adjacent to an activating group) is 1. The van der Waals surface area contributed by atoms with E-state index in [0.29, 0.717) is 5.82 Å². The Bertz CT molecular complexity index is 1180. The molecule has 4 heterocycles. The summed E-state index contributed by atoms with van der Waals surface area (Å²) >= 11 is 1.76. The lowest BCUT2D eigenvalue weighted by Gasteiger charge is -2.21. The van der Waals surface area contributed by atoms with Gasteiger partial charge < -0.3 is 9.74 Å². The van der Waals surface area contributed by atoms with Gasteiger partial charge in [-0.3, -0.25) is 0 Å². The van der Waals surface area contributed by atoms with E-state index in [4.69, 9.17) is 9.82 Å². The number of aromatic nitrogens is 4. The number of hydrogen-bond acceptors (Lipinski definition) is 7. The highest BCUT2D eigenvalue weighted by Crippen LogP contribution is 2.35. The molecule has 0 saturated carbocycles. The Balaban J connectivity index is 1.39. The summed E-state index contributed by atoms with van der Waals surface area (Å²) in [6.07, 6.45) is 4.45. The van der Waals surface area contributed by atoms with Crippen LogP contribution in [0.15, 0.2) is 35.7 Å². The van der Waals surface area contributed by atoms with Crippen molar-refractivity contribution in [1.29, 1.82) is 0 Å².